The third-order valence-corrected chi connectivity index (χ3v) is 5.41. The summed E-state index contributed by atoms with van der Waals surface area (Å²) in [5.74, 6) is -0.129. The van der Waals surface area contributed by atoms with Crippen LogP contribution in [0.25, 0.3) is 0 Å². The summed E-state index contributed by atoms with van der Waals surface area (Å²) in [5.41, 5.74) is 2.63. The summed E-state index contributed by atoms with van der Waals surface area (Å²) in [6.45, 7) is 5.11. The van der Waals surface area contributed by atoms with Crippen molar-refractivity contribution in [1.82, 2.24) is 10.3 Å². The maximum atomic E-state index is 12.9. The van der Waals surface area contributed by atoms with Crippen molar-refractivity contribution >= 4 is 33.4 Å². The number of hydrogen-bond donors (Lipinski definition) is 2. The van der Waals surface area contributed by atoms with Crippen molar-refractivity contribution < 1.29 is 14.3 Å². The van der Waals surface area contributed by atoms with Crippen molar-refractivity contribution in [3.63, 3.8) is 0 Å². The average Bonchev–Trinajstić information content (AvgIpc) is 3.54. The highest BCUT2D eigenvalue weighted by atomic mass is 79.9. The molecular weight excluding hydrogens is 434 g/mol. The Morgan fingerprint density at radius 3 is 2.76 bits per heavy atom. The average molecular weight is 460 g/mol. The molecule has 0 spiro atoms. The van der Waals surface area contributed by atoms with Crippen LogP contribution in [-0.2, 0) is 4.74 Å². The summed E-state index contributed by atoms with van der Waals surface area (Å²) < 4.78 is 5.68. The quantitative estimate of drug-likeness (QED) is 0.536. The lowest BCUT2D eigenvalue weighted by Gasteiger charge is -2.14. The number of amides is 2. The standard InChI is InChI=1S/C22H26BrN3O3/c1-3-11-29-20(23)16-5-4-6-17(12-16)26-21(27)18-10-7-14(2)25-19(18)22(28)24-13-15-8-9-15/h4-7,10,12,15,20H,3,8-9,11,13H2,1-2H3,(H,24,28)(H,26,27). The molecule has 29 heavy (non-hydrogen) atoms. The summed E-state index contributed by atoms with van der Waals surface area (Å²) in [4.78, 5) is 29.8. The monoisotopic (exact) mass is 459 g/mol. The van der Waals surface area contributed by atoms with Crippen molar-refractivity contribution in [1.29, 1.82) is 0 Å². The van der Waals surface area contributed by atoms with E-state index in [1.165, 1.54) is 0 Å². The van der Waals surface area contributed by atoms with Gasteiger partial charge in [-0.05, 0) is 61.9 Å². The lowest BCUT2D eigenvalue weighted by atomic mass is 10.1. The molecule has 2 aromatic rings. The van der Waals surface area contributed by atoms with Crippen molar-refractivity contribution in [3.05, 3.63) is 58.9 Å². The molecule has 2 N–H and O–H groups in total. The molecule has 1 fully saturated rings. The Bertz CT molecular complexity index is 883. The number of hydrogen-bond acceptors (Lipinski definition) is 4. The lowest BCUT2D eigenvalue weighted by Crippen LogP contribution is -2.29. The van der Waals surface area contributed by atoms with Gasteiger partial charge in [0, 0.05) is 24.5 Å². The minimum atomic E-state index is -0.369. The zero-order valence-electron chi connectivity index (χ0n) is 16.7. The number of ether oxygens (including phenoxy) is 1. The predicted molar refractivity (Wildman–Crippen MR) is 116 cm³/mol. The molecule has 1 aromatic carbocycles. The first-order chi connectivity index (χ1) is 14.0. The number of benzene rings is 1. The smallest absolute Gasteiger partial charge is 0.270 e. The van der Waals surface area contributed by atoms with Crippen LogP contribution in [0.2, 0.25) is 0 Å². The number of pyridine rings is 1. The highest BCUT2D eigenvalue weighted by Gasteiger charge is 2.24. The van der Waals surface area contributed by atoms with Gasteiger partial charge in [0.15, 0.2) is 0 Å². The molecule has 1 atom stereocenters. The van der Waals surface area contributed by atoms with Gasteiger partial charge in [-0.25, -0.2) is 4.98 Å². The van der Waals surface area contributed by atoms with Gasteiger partial charge in [0.1, 0.15) is 10.7 Å². The van der Waals surface area contributed by atoms with E-state index in [1.807, 2.05) is 25.1 Å². The van der Waals surface area contributed by atoms with E-state index in [-0.39, 0.29) is 28.1 Å². The molecule has 0 bridgehead atoms. The van der Waals surface area contributed by atoms with E-state index in [2.05, 4.69) is 31.5 Å². The van der Waals surface area contributed by atoms with Gasteiger partial charge < -0.3 is 15.4 Å². The highest BCUT2D eigenvalue weighted by molar-refractivity contribution is 9.09. The summed E-state index contributed by atoms with van der Waals surface area (Å²) in [7, 11) is 0. The zero-order valence-corrected chi connectivity index (χ0v) is 18.3. The molecule has 2 amide bonds. The van der Waals surface area contributed by atoms with Gasteiger partial charge >= 0.3 is 0 Å². The molecule has 1 aliphatic rings. The van der Waals surface area contributed by atoms with E-state index >= 15 is 0 Å². The molecule has 1 aromatic heterocycles. The summed E-state index contributed by atoms with van der Waals surface area (Å²) in [6.07, 6.45) is 3.20. The number of aryl methyl sites for hydroxylation is 1. The molecular formula is C22H26BrN3O3. The van der Waals surface area contributed by atoms with Crippen LogP contribution in [-0.4, -0.2) is 29.9 Å². The summed E-state index contributed by atoms with van der Waals surface area (Å²) in [5, 5.41) is 5.51. The second-order valence-corrected chi connectivity index (χ2v) is 8.10. The molecule has 7 heteroatoms. The Hall–Kier alpha value is -2.25. The van der Waals surface area contributed by atoms with E-state index in [0.717, 1.165) is 24.8 Å². The van der Waals surface area contributed by atoms with Gasteiger partial charge in [-0.2, -0.15) is 0 Å². The molecule has 1 aliphatic carbocycles. The Morgan fingerprint density at radius 2 is 2.03 bits per heavy atom. The third-order valence-electron chi connectivity index (χ3n) is 4.62. The number of rotatable bonds is 9. The second kappa shape index (κ2) is 9.98. The third kappa shape index (κ3) is 6.11. The zero-order chi connectivity index (χ0) is 20.8. The minimum absolute atomic E-state index is 0.156. The highest BCUT2D eigenvalue weighted by Crippen LogP contribution is 2.28. The number of halogens is 1. The minimum Gasteiger partial charge on any atom is -0.362 e. The van der Waals surface area contributed by atoms with Crippen LogP contribution in [0.3, 0.4) is 0 Å². The van der Waals surface area contributed by atoms with Gasteiger partial charge in [-0.3, -0.25) is 9.59 Å². The fourth-order valence-corrected chi connectivity index (χ4v) is 3.30. The van der Waals surface area contributed by atoms with Crippen molar-refractivity contribution in [3.8, 4) is 0 Å². The number of carbonyl (C=O) groups excluding carboxylic acids is 2. The Morgan fingerprint density at radius 1 is 1.24 bits per heavy atom. The number of alkyl halides is 1. The van der Waals surface area contributed by atoms with Gasteiger partial charge in [-0.15, -0.1) is 0 Å². The lowest BCUT2D eigenvalue weighted by molar-refractivity contribution is 0.0933. The molecule has 0 radical (unpaired) electrons. The maximum absolute atomic E-state index is 12.9. The van der Waals surface area contributed by atoms with Gasteiger partial charge in [0.2, 0.25) is 0 Å². The van der Waals surface area contributed by atoms with E-state index in [9.17, 15) is 9.59 Å². The molecule has 0 aliphatic heterocycles. The van der Waals surface area contributed by atoms with E-state index in [4.69, 9.17) is 4.74 Å². The SMILES string of the molecule is CCCOC(Br)c1cccc(NC(=O)c2ccc(C)nc2C(=O)NCC2CC2)c1. The van der Waals surface area contributed by atoms with Gasteiger partial charge in [0.05, 0.1) is 5.56 Å². The first kappa shape index (κ1) is 21.5. The van der Waals surface area contributed by atoms with Crippen LogP contribution in [0.1, 0.15) is 63.3 Å². The molecule has 6 nitrogen and oxygen atoms in total. The van der Waals surface area contributed by atoms with E-state index in [0.29, 0.717) is 30.5 Å². The normalized spacial score (nSPS) is 14.3. The fraction of sp³-hybridized carbons (Fsp3) is 0.409. The van der Waals surface area contributed by atoms with Crippen LogP contribution in [0.5, 0.6) is 0 Å². The largest absolute Gasteiger partial charge is 0.362 e. The Labute approximate surface area is 179 Å². The van der Waals surface area contributed by atoms with Crippen LogP contribution in [0.4, 0.5) is 5.69 Å². The number of aromatic nitrogens is 1. The molecule has 154 valence electrons. The van der Waals surface area contributed by atoms with Gasteiger partial charge in [-0.1, -0.05) is 35.0 Å². The first-order valence-electron chi connectivity index (χ1n) is 9.90. The van der Waals surface area contributed by atoms with Crippen molar-refractivity contribution in [2.45, 2.75) is 38.1 Å². The summed E-state index contributed by atoms with van der Waals surface area (Å²) >= 11 is 3.51. The van der Waals surface area contributed by atoms with E-state index in [1.54, 1.807) is 25.1 Å². The number of nitrogens with one attached hydrogen (secondary N) is 2. The predicted octanol–water partition coefficient (Wildman–Crippen LogP) is 4.60. The maximum Gasteiger partial charge on any atom is 0.270 e. The first-order valence-corrected chi connectivity index (χ1v) is 10.8. The van der Waals surface area contributed by atoms with Crippen molar-refractivity contribution in [2.24, 2.45) is 5.92 Å². The molecule has 1 saturated carbocycles. The topological polar surface area (TPSA) is 80.3 Å². The van der Waals surface area contributed by atoms with Crippen LogP contribution in [0.15, 0.2) is 36.4 Å². The molecule has 0 saturated heterocycles. The number of nitrogens with zero attached hydrogens (tertiary/aromatic N) is 1. The Kier molecular flexibility index (Phi) is 7.39. The second-order valence-electron chi connectivity index (χ2n) is 7.27. The molecule has 1 heterocycles. The van der Waals surface area contributed by atoms with Crippen LogP contribution >= 0.6 is 15.9 Å². The fourth-order valence-electron chi connectivity index (χ4n) is 2.83. The number of carbonyl (C=O) groups is 2. The van der Waals surface area contributed by atoms with Crippen LogP contribution < -0.4 is 10.6 Å². The van der Waals surface area contributed by atoms with Crippen molar-refractivity contribution in [2.75, 3.05) is 18.5 Å². The van der Waals surface area contributed by atoms with E-state index < -0.39 is 0 Å². The number of anilines is 1. The van der Waals surface area contributed by atoms with Gasteiger partial charge in [0.25, 0.3) is 11.8 Å². The molecule has 3 rings (SSSR count). The summed E-state index contributed by atoms with van der Waals surface area (Å²) in [6, 6.07) is 10.8. The molecule has 1 unspecified atom stereocenters. The Balaban J connectivity index is 1.74. The van der Waals surface area contributed by atoms with Crippen LogP contribution in [0, 0.1) is 12.8 Å².